The van der Waals surface area contributed by atoms with Gasteiger partial charge in [-0.1, -0.05) is 41.9 Å². The number of benzene rings is 2. The van der Waals surface area contributed by atoms with E-state index < -0.39 is 0 Å². The summed E-state index contributed by atoms with van der Waals surface area (Å²) >= 11 is 19.4. The molecule has 2 N–H and O–H groups in total. The molecule has 138 valence electrons. The van der Waals surface area contributed by atoms with Crippen LogP contribution in [0.25, 0.3) is 0 Å². The van der Waals surface area contributed by atoms with Crippen LogP contribution in [0.4, 0.5) is 5.69 Å². The van der Waals surface area contributed by atoms with Gasteiger partial charge in [0, 0.05) is 33.8 Å². The zero-order valence-corrected chi connectivity index (χ0v) is 17.3. The number of nitrogens with one attached hydrogen (secondary N) is 2. The third kappa shape index (κ3) is 7.08. The second kappa shape index (κ2) is 11.3. The quantitative estimate of drug-likeness (QED) is 0.301. The standard InChI is InChI=1S/C19H20Cl2N2OS2/c1-2-11-24-15-8-6-14(7-9-15)23-19(25)22-10-12-26-13-16-17(20)4-3-5-18(16)21/h2-9H,1,10-13H2,(H2,22,23,25). The Bertz CT molecular complexity index is 719. The summed E-state index contributed by atoms with van der Waals surface area (Å²) in [6.45, 7) is 4.86. The average molecular weight is 427 g/mol. The third-order valence-electron chi connectivity index (χ3n) is 3.32. The molecule has 0 fully saturated rings. The van der Waals surface area contributed by atoms with Gasteiger partial charge in [-0.05, 0) is 54.2 Å². The molecule has 0 aliphatic heterocycles. The van der Waals surface area contributed by atoms with Crippen molar-refractivity contribution in [2.45, 2.75) is 5.75 Å². The number of rotatable bonds is 9. The molecule has 0 unspecified atom stereocenters. The van der Waals surface area contributed by atoms with Crippen molar-refractivity contribution in [3.8, 4) is 5.75 Å². The predicted octanol–water partition coefficient (Wildman–Crippen LogP) is 5.78. The largest absolute Gasteiger partial charge is 0.490 e. The highest BCUT2D eigenvalue weighted by molar-refractivity contribution is 7.98. The van der Waals surface area contributed by atoms with Crippen LogP contribution in [0.5, 0.6) is 5.75 Å². The molecule has 2 rings (SSSR count). The highest BCUT2D eigenvalue weighted by atomic mass is 35.5. The van der Waals surface area contributed by atoms with E-state index in [0.717, 1.165) is 35.1 Å². The SMILES string of the molecule is C=CCOc1ccc(NC(=S)NCCSCc2c(Cl)cccc2Cl)cc1. The molecule has 0 radical (unpaired) electrons. The van der Waals surface area contributed by atoms with Crippen molar-refractivity contribution in [1.29, 1.82) is 0 Å². The molecule has 0 atom stereocenters. The normalized spacial score (nSPS) is 10.2. The van der Waals surface area contributed by atoms with Crippen molar-refractivity contribution >= 4 is 58.0 Å². The third-order valence-corrected chi connectivity index (χ3v) is 5.26. The number of hydrogen-bond donors (Lipinski definition) is 2. The Morgan fingerprint density at radius 2 is 1.85 bits per heavy atom. The molecule has 2 aromatic rings. The van der Waals surface area contributed by atoms with Crippen LogP contribution in [-0.2, 0) is 5.75 Å². The van der Waals surface area contributed by atoms with Crippen LogP contribution < -0.4 is 15.4 Å². The maximum atomic E-state index is 6.16. The van der Waals surface area contributed by atoms with Crippen LogP contribution in [0.2, 0.25) is 10.0 Å². The van der Waals surface area contributed by atoms with Crippen molar-refractivity contribution in [3.05, 3.63) is 70.7 Å². The molecule has 0 heterocycles. The predicted molar refractivity (Wildman–Crippen MR) is 119 cm³/mol. The lowest BCUT2D eigenvalue weighted by Crippen LogP contribution is -2.30. The maximum absolute atomic E-state index is 6.16. The first kappa shape index (κ1) is 20.9. The van der Waals surface area contributed by atoms with E-state index in [-0.39, 0.29) is 0 Å². The number of anilines is 1. The van der Waals surface area contributed by atoms with Crippen LogP contribution in [0.15, 0.2) is 55.1 Å². The zero-order chi connectivity index (χ0) is 18.8. The number of hydrogen-bond acceptors (Lipinski definition) is 3. The van der Waals surface area contributed by atoms with Gasteiger partial charge >= 0.3 is 0 Å². The Balaban J connectivity index is 1.66. The molecule has 0 aromatic heterocycles. The molecule has 0 aliphatic rings. The van der Waals surface area contributed by atoms with Crippen LogP contribution in [0, 0.1) is 0 Å². The molecular weight excluding hydrogens is 407 g/mol. The molecule has 0 aliphatic carbocycles. The minimum Gasteiger partial charge on any atom is -0.490 e. The van der Waals surface area contributed by atoms with Gasteiger partial charge in [0.05, 0.1) is 0 Å². The summed E-state index contributed by atoms with van der Waals surface area (Å²) in [7, 11) is 0. The van der Waals surface area contributed by atoms with E-state index in [9.17, 15) is 0 Å². The molecule has 0 saturated carbocycles. The van der Waals surface area contributed by atoms with Gasteiger partial charge in [-0.2, -0.15) is 11.8 Å². The minimum absolute atomic E-state index is 0.490. The van der Waals surface area contributed by atoms with Crippen LogP contribution in [0.1, 0.15) is 5.56 Å². The average Bonchev–Trinajstić information content (AvgIpc) is 2.63. The van der Waals surface area contributed by atoms with Crippen LogP contribution >= 0.6 is 47.2 Å². The molecule has 3 nitrogen and oxygen atoms in total. The van der Waals surface area contributed by atoms with Gasteiger partial charge in [-0.25, -0.2) is 0 Å². The number of ether oxygens (including phenoxy) is 1. The van der Waals surface area contributed by atoms with Crippen molar-refractivity contribution in [2.24, 2.45) is 0 Å². The van der Waals surface area contributed by atoms with Gasteiger partial charge in [0.15, 0.2) is 5.11 Å². The minimum atomic E-state index is 0.490. The van der Waals surface area contributed by atoms with Gasteiger partial charge in [0.2, 0.25) is 0 Å². The Labute approximate surface area is 174 Å². The second-order valence-electron chi connectivity index (χ2n) is 5.26. The van der Waals surface area contributed by atoms with Crippen molar-refractivity contribution in [3.63, 3.8) is 0 Å². The van der Waals surface area contributed by atoms with Gasteiger partial charge in [-0.15, -0.1) is 0 Å². The highest BCUT2D eigenvalue weighted by Crippen LogP contribution is 2.27. The van der Waals surface area contributed by atoms with Gasteiger partial charge in [-0.3, -0.25) is 0 Å². The van der Waals surface area contributed by atoms with E-state index >= 15 is 0 Å². The van der Waals surface area contributed by atoms with Crippen molar-refractivity contribution in [1.82, 2.24) is 5.32 Å². The van der Waals surface area contributed by atoms with E-state index in [1.807, 2.05) is 42.5 Å². The summed E-state index contributed by atoms with van der Waals surface area (Å²) in [5, 5.41) is 8.32. The lowest BCUT2D eigenvalue weighted by molar-refractivity contribution is 0.363. The molecule has 0 bridgehead atoms. The molecular formula is C19H20Cl2N2OS2. The number of thiocarbonyl (C=S) groups is 1. The summed E-state index contributed by atoms with van der Waals surface area (Å²) in [5.41, 5.74) is 1.88. The van der Waals surface area contributed by atoms with Crippen LogP contribution in [0.3, 0.4) is 0 Å². The van der Waals surface area contributed by atoms with E-state index in [0.29, 0.717) is 21.8 Å². The molecule has 26 heavy (non-hydrogen) atoms. The Morgan fingerprint density at radius 1 is 1.15 bits per heavy atom. The number of halogens is 2. The summed E-state index contributed by atoms with van der Waals surface area (Å²) in [4.78, 5) is 0. The Morgan fingerprint density at radius 3 is 2.50 bits per heavy atom. The second-order valence-corrected chi connectivity index (χ2v) is 7.59. The fourth-order valence-electron chi connectivity index (χ4n) is 2.05. The molecule has 0 saturated heterocycles. The van der Waals surface area contributed by atoms with Gasteiger partial charge < -0.3 is 15.4 Å². The maximum Gasteiger partial charge on any atom is 0.170 e. The van der Waals surface area contributed by atoms with Crippen LogP contribution in [-0.4, -0.2) is 24.0 Å². The van der Waals surface area contributed by atoms with Crippen molar-refractivity contribution in [2.75, 3.05) is 24.2 Å². The summed E-state index contributed by atoms with van der Waals surface area (Å²) in [5.74, 6) is 2.45. The van der Waals surface area contributed by atoms with E-state index in [1.165, 1.54) is 0 Å². The van der Waals surface area contributed by atoms with E-state index in [2.05, 4.69) is 17.2 Å². The summed E-state index contributed by atoms with van der Waals surface area (Å²) in [6, 6.07) is 13.2. The van der Waals surface area contributed by atoms with Gasteiger partial charge in [0.25, 0.3) is 0 Å². The molecule has 7 heteroatoms. The first-order valence-electron chi connectivity index (χ1n) is 7.99. The highest BCUT2D eigenvalue weighted by Gasteiger charge is 2.05. The summed E-state index contributed by atoms with van der Waals surface area (Å²) < 4.78 is 5.44. The Kier molecular flexibility index (Phi) is 9.12. The fourth-order valence-corrected chi connectivity index (χ4v) is 3.86. The lowest BCUT2D eigenvalue weighted by Gasteiger charge is -2.11. The topological polar surface area (TPSA) is 33.3 Å². The molecule has 2 aromatic carbocycles. The van der Waals surface area contributed by atoms with E-state index in [4.69, 9.17) is 40.2 Å². The molecule has 0 spiro atoms. The van der Waals surface area contributed by atoms with E-state index in [1.54, 1.807) is 17.8 Å². The van der Waals surface area contributed by atoms with Crippen molar-refractivity contribution < 1.29 is 4.74 Å². The summed E-state index contributed by atoms with van der Waals surface area (Å²) in [6.07, 6.45) is 1.71. The smallest absolute Gasteiger partial charge is 0.170 e. The fraction of sp³-hybridized carbons (Fsp3) is 0.211. The zero-order valence-electron chi connectivity index (χ0n) is 14.1. The Hall–Kier alpha value is -1.40. The number of thioether (sulfide) groups is 1. The molecule has 0 amide bonds. The first-order valence-corrected chi connectivity index (χ1v) is 10.3. The monoisotopic (exact) mass is 426 g/mol. The lowest BCUT2D eigenvalue weighted by atomic mass is 10.2. The van der Waals surface area contributed by atoms with Gasteiger partial charge in [0.1, 0.15) is 12.4 Å². The first-order chi connectivity index (χ1) is 12.6.